The molecule has 0 spiro atoms. The number of guanidine groups is 1. The number of pyridine rings is 1. The highest BCUT2D eigenvalue weighted by atomic mass is 127. The molecule has 158 valence electrons. The first-order chi connectivity index (χ1) is 14.3. The van der Waals surface area contributed by atoms with Crippen molar-refractivity contribution in [2.24, 2.45) is 4.99 Å². The molecule has 0 saturated carbocycles. The van der Waals surface area contributed by atoms with E-state index in [4.69, 9.17) is 9.41 Å². The molecule has 8 heteroatoms. The maximum atomic E-state index is 5.96. The van der Waals surface area contributed by atoms with Crippen molar-refractivity contribution in [1.82, 2.24) is 25.2 Å². The number of aryl methyl sites for hydroxylation is 2. The Bertz CT molecular complexity index is 1130. The van der Waals surface area contributed by atoms with E-state index in [1.165, 1.54) is 0 Å². The fourth-order valence-corrected chi connectivity index (χ4v) is 3.38. The van der Waals surface area contributed by atoms with Gasteiger partial charge in [-0.1, -0.05) is 24.3 Å². The zero-order valence-electron chi connectivity index (χ0n) is 17.3. The van der Waals surface area contributed by atoms with Gasteiger partial charge in [0.05, 0.1) is 0 Å². The predicted octanol–water partition coefficient (Wildman–Crippen LogP) is 4.09. The molecule has 0 amide bonds. The number of furan rings is 1. The Kier molecular flexibility index (Phi) is 7.67. The Hall–Kier alpha value is -2.62. The van der Waals surface area contributed by atoms with E-state index >= 15 is 0 Å². The van der Waals surface area contributed by atoms with Crippen LogP contribution in [-0.2, 0) is 13.0 Å². The zero-order chi connectivity index (χ0) is 20.1. The number of halogens is 1. The molecule has 3 aromatic heterocycles. The Morgan fingerprint density at radius 1 is 1.10 bits per heavy atom. The first-order valence-electron chi connectivity index (χ1n) is 10.0. The van der Waals surface area contributed by atoms with Crippen molar-refractivity contribution in [2.45, 2.75) is 33.2 Å². The van der Waals surface area contributed by atoms with E-state index in [0.29, 0.717) is 6.54 Å². The van der Waals surface area contributed by atoms with Crippen LogP contribution in [0, 0.1) is 6.92 Å². The van der Waals surface area contributed by atoms with Gasteiger partial charge in [-0.3, -0.25) is 4.40 Å². The van der Waals surface area contributed by atoms with Crippen LogP contribution >= 0.6 is 24.0 Å². The van der Waals surface area contributed by atoms with E-state index in [1.54, 1.807) is 0 Å². The van der Waals surface area contributed by atoms with Gasteiger partial charge in [-0.25, -0.2) is 4.99 Å². The van der Waals surface area contributed by atoms with E-state index in [-0.39, 0.29) is 24.0 Å². The van der Waals surface area contributed by atoms with Gasteiger partial charge in [-0.05, 0) is 38.5 Å². The minimum atomic E-state index is 0. The Labute approximate surface area is 193 Å². The van der Waals surface area contributed by atoms with Crippen molar-refractivity contribution in [2.75, 3.05) is 13.1 Å². The van der Waals surface area contributed by atoms with Gasteiger partial charge in [0.1, 0.15) is 23.7 Å². The Morgan fingerprint density at radius 2 is 1.93 bits per heavy atom. The molecule has 1 aromatic carbocycles. The van der Waals surface area contributed by atoms with Gasteiger partial charge in [-0.2, -0.15) is 0 Å². The predicted molar refractivity (Wildman–Crippen MR) is 130 cm³/mol. The van der Waals surface area contributed by atoms with Gasteiger partial charge in [-0.15, -0.1) is 34.2 Å². The second-order valence-corrected chi connectivity index (χ2v) is 6.92. The summed E-state index contributed by atoms with van der Waals surface area (Å²) < 4.78 is 7.99. The summed E-state index contributed by atoms with van der Waals surface area (Å²) in [6.45, 7) is 6.25. The van der Waals surface area contributed by atoms with Crippen molar-refractivity contribution in [3.63, 3.8) is 0 Å². The molecule has 30 heavy (non-hydrogen) atoms. The lowest BCUT2D eigenvalue weighted by Crippen LogP contribution is -2.37. The number of aromatic nitrogens is 3. The first-order valence-corrected chi connectivity index (χ1v) is 10.0. The number of rotatable bonds is 7. The summed E-state index contributed by atoms with van der Waals surface area (Å²) in [5.41, 5.74) is 2.94. The molecule has 0 aliphatic carbocycles. The van der Waals surface area contributed by atoms with E-state index in [2.05, 4.69) is 40.7 Å². The van der Waals surface area contributed by atoms with E-state index in [0.717, 1.165) is 65.7 Å². The van der Waals surface area contributed by atoms with Crippen molar-refractivity contribution < 1.29 is 4.42 Å². The molecule has 3 heterocycles. The smallest absolute Gasteiger partial charge is 0.191 e. The van der Waals surface area contributed by atoms with Crippen LogP contribution < -0.4 is 10.6 Å². The number of hydrogen-bond acceptors (Lipinski definition) is 4. The van der Waals surface area contributed by atoms with Gasteiger partial charge in [0, 0.05) is 36.7 Å². The molecule has 2 N–H and O–H groups in total. The van der Waals surface area contributed by atoms with Crippen LogP contribution in [0.5, 0.6) is 0 Å². The van der Waals surface area contributed by atoms with Crippen LogP contribution in [0.4, 0.5) is 0 Å². The second kappa shape index (κ2) is 10.4. The highest BCUT2D eigenvalue weighted by Crippen LogP contribution is 2.25. The van der Waals surface area contributed by atoms with E-state index < -0.39 is 0 Å². The summed E-state index contributed by atoms with van der Waals surface area (Å²) in [6.07, 6.45) is 3.78. The van der Waals surface area contributed by atoms with Crippen molar-refractivity contribution in [3.8, 4) is 0 Å². The van der Waals surface area contributed by atoms with Crippen molar-refractivity contribution in [3.05, 3.63) is 65.8 Å². The lowest BCUT2D eigenvalue weighted by Gasteiger charge is -2.10. The molecule has 4 aromatic rings. The summed E-state index contributed by atoms with van der Waals surface area (Å²) in [5.74, 6) is 2.67. The lowest BCUT2D eigenvalue weighted by molar-refractivity contribution is 0.547. The topological polar surface area (TPSA) is 79.8 Å². The first kappa shape index (κ1) is 22.1. The standard InChI is InChI=1S/C22H26N6O.HI/c1-3-23-22(25-15-19-16(2)17-9-4-5-10-18(17)29-19)24-13-8-12-21-27-26-20-11-6-7-14-28(20)21;/h4-7,9-11,14H,3,8,12-13,15H2,1-2H3,(H2,23,24,25);1H. The molecule has 0 atom stereocenters. The minimum Gasteiger partial charge on any atom is -0.459 e. The maximum Gasteiger partial charge on any atom is 0.191 e. The average molecular weight is 518 g/mol. The number of aliphatic imine (C=N–C) groups is 1. The van der Waals surface area contributed by atoms with Crippen LogP contribution in [0.15, 0.2) is 58.1 Å². The van der Waals surface area contributed by atoms with Crippen LogP contribution in [0.2, 0.25) is 0 Å². The van der Waals surface area contributed by atoms with E-state index in [1.807, 2.05) is 47.0 Å². The highest BCUT2D eigenvalue weighted by molar-refractivity contribution is 14.0. The molecule has 0 radical (unpaired) electrons. The summed E-state index contributed by atoms with van der Waals surface area (Å²) >= 11 is 0. The van der Waals surface area contributed by atoms with E-state index in [9.17, 15) is 0 Å². The molecule has 0 unspecified atom stereocenters. The third-order valence-corrected chi connectivity index (χ3v) is 4.92. The van der Waals surface area contributed by atoms with Crippen LogP contribution in [0.1, 0.15) is 30.5 Å². The molecule has 0 bridgehead atoms. The van der Waals surface area contributed by atoms with Gasteiger partial charge in [0.15, 0.2) is 11.6 Å². The van der Waals surface area contributed by atoms with Gasteiger partial charge in [0.25, 0.3) is 0 Å². The number of hydrogen-bond donors (Lipinski definition) is 2. The monoisotopic (exact) mass is 518 g/mol. The second-order valence-electron chi connectivity index (χ2n) is 6.92. The van der Waals surface area contributed by atoms with Gasteiger partial charge >= 0.3 is 0 Å². The molecule has 4 rings (SSSR count). The molecule has 0 fully saturated rings. The summed E-state index contributed by atoms with van der Waals surface area (Å²) in [4.78, 5) is 4.69. The number of nitrogens with one attached hydrogen (secondary N) is 2. The Balaban J connectivity index is 0.00000256. The third kappa shape index (κ3) is 4.92. The molecular weight excluding hydrogens is 491 g/mol. The largest absolute Gasteiger partial charge is 0.459 e. The quantitative estimate of drug-likeness (QED) is 0.167. The average Bonchev–Trinajstić information content (AvgIpc) is 3.30. The van der Waals surface area contributed by atoms with Crippen molar-refractivity contribution in [1.29, 1.82) is 0 Å². The summed E-state index contributed by atoms with van der Waals surface area (Å²) in [5, 5.41) is 16.3. The zero-order valence-corrected chi connectivity index (χ0v) is 19.6. The molecule has 7 nitrogen and oxygen atoms in total. The fourth-order valence-electron chi connectivity index (χ4n) is 3.38. The SMILES string of the molecule is CCNC(=NCc1oc2ccccc2c1C)NCCCc1nnc2ccccn12.I. The number of fused-ring (bicyclic) bond motifs is 2. The highest BCUT2D eigenvalue weighted by Gasteiger charge is 2.10. The Morgan fingerprint density at radius 3 is 2.77 bits per heavy atom. The van der Waals surface area contributed by atoms with Gasteiger partial charge in [0.2, 0.25) is 0 Å². The van der Waals surface area contributed by atoms with Crippen LogP contribution in [-0.4, -0.2) is 33.6 Å². The normalized spacial score (nSPS) is 11.6. The summed E-state index contributed by atoms with van der Waals surface area (Å²) in [7, 11) is 0. The van der Waals surface area contributed by atoms with Crippen LogP contribution in [0.3, 0.4) is 0 Å². The lowest BCUT2D eigenvalue weighted by atomic mass is 10.1. The van der Waals surface area contributed by atoms with Crippen LogP contribution in [0.25, 0.3) is 16.6 Å². The molecule has 0 saturated heterocycles. The minimum absolute atomic E-state index is 0. The fraction of sp³-hybridized carbons (Fsp3) is 0.318. The number of nitrogens with zero attached hydrogens (tertiary/aromatic N) is 4. The third-order valence-electron chi connectivity index (χ3n) is 4.92. The van der Waals surface area contributed by atoms with Crippen molar-refractivity contribution >= 4 is 46.6 Å². The number of benzene rings is 1. The molecule has 0 aliphatic rings. The summed E-state index contributed by atoms with van der Waals surface area (Å²) in [6, 6.07) is 14.0. The van der Waals surface area contributed by atoms with Gasteiger partial charge < -0.3 is 15.1 Å². The number of para-hydroxylation sites is 1. The maximum absolute atomic E-state index is 5.96. The molecular formula is C22H27IN6O. The molecule has 0 aliphatic heterocycles.